The topological polar surface area (TPSA) is 85.8 Å². The Morgan fingerprint density at radius 1 is 1.25 bits per heavy atom. The molecule has 0 saturated heterocycles. The van der Waals surface area contributed by atoms with Crippen LogP contribution in [0.5, 0.6) is 0 Å². The number of hydrogen-bond acceptors (Lipinski definition) is 5. The van der Waals surface area contributed by atoms with E-state index >= 15 is 0 Å². The number of carbonyl (C=O) groups excluding carboxylic acids is 1. The molecular formula is C21H21N5O2. The van der Waals surface area contributed by atoms with Gasteiger partial charge in [-0.2, -0.15) is 5.10 Å². The molecule has 1 aromatic carbocycles. The summed E-state index contributed by atoms with van der Waals surface area (Å²) in [6.45, 7) is 5.94. The number of aryl methyl sites for hydroxylation is 1. The van der Waals surface area contributed by atoms with E-state index in [1.54, 1.807) is 25.3 Å². The maximum atomic E-state index is 13.2. The van der Waals surface area contributed by atoms with Crippen molar-refractivity contribution in [3.8, 4) is 11.3 Å². The fraction of sp³-hybridized carbons (Fsp3) is 0.238. The lowest BCUT2D eigenvalue weighted by Gasteiger charge is -2.14. The predicted molar refractivity (Wildman–Crippen MR) is 107 cm³/mol. The normalized spacial score (nSPS) is 12.2. The number of carbonyl (C=O) groups is 1. The minimum absolute atomic E-state index is 0.181. The molecule has 0 aliphatic heterocycles. The third-order valence-corrected chi connectivity index (χ3v) is 4.85. The average Bonchev–Trinajstić information content (AvgIpc) is 3.34. The molecule has 0 saturated carbocycles. The van der Waals surface area contributed by atoms with Crippen LogP contribution >= 0.6 is 0 Å². The Balaban J connectivity index is 1.78. The summed E-state index contributed by atoms with van der Waals surface area (Å²) >= 11 is 0. The van der Waals surface area contributed by atoms with Crippen LogP contribution in [0.25, 0.3) is 22.4 Å². The van der Waals surface area contributed by atoms with Crippen molar-refractivity contribution < 1.29 is 9.32 Å². The molecule has 3 heterocycles. The molecule has 4 rings (SSSR count). The van der Waals surface area contributed by atoms with Crippen molar-refractivity contribution in [1.29, 1.82) is 0 Å². The van der Waals surface area contributed by atoms with E-state index in [1.165, 1.54) is 0 Å². The van der Waals surface area contributed by atoms with Crippen molar-refractivity contribution >= 4 is 22.8 Å². The molecule has 1 unspecified atom stereocenters. The van der Waals surface area contributed by atoms with Crippen LogP contribution < -0.4 is 5.32 Å². The summed E-state index contributed by atoms with van der Waals surface area (Å²) in [7, 11) is 0. The molecule has 1 atom stereocenters. The molecule has 4 aromatic rings. The van der Waals surface area contributed by atoms with Gasteiger partial charge in [-0.15, -0.1) is 0 Å². The Hall–Kier alpha value is -3.48. The van der Waals surface area contributed by atoms with Gasteiger partial charge < -0.3 is 9.84 Å². The molecule has 142 valence electrons. The molecule has 0 bridgehead atoms. The summed E-state index contributed by atoms with van der Waals surface area (Å²) in [4.78, 5) is 17.7. The highest BCUT2D eigenvalue weighted by molar-refractivity contribution is 6.12. The number of rotatable bonds is 5. The fourth-order valence-corrected chi connectivity index (χ4v) is 3.15. The minimum atomic E-state index is -0.249. The fourth-order valence-electron chi connectivity index (χ4n) is 3.15. The highest BCUT2D eigenvalue weighted by Gasteiger charge is 2.21. The number of nitrogens with one attached hydrogen (secondary N) is 1. The van der Waals surface area contributed by atoms with Gasteiger partial charge in [0.2, 0.25) is 0 Å². The third-order valence-electron chi connectivity index (χ3n) is 4.85. The molecule has 0 fully saturated rings. The van der Waals surface area contributed by atoms with Crippen LogP contribution in [0, 0.1) is 6.92 Å². The van der Waals surface area contributed by atoms with Crippen molar-refractivity contribution in [3.63, 3.8) is 0 Å². The van der Waals surface area contributed by atoms with Crippen LogP contribution in [0.2, 0.25) is 0 Å². The van der Waals surface area contributed by atoms with Crippen molar-refractivity contribution in [3.05, 3.63) is 59.9 Å². The van der Waals surface area contributed by atoms with Crippen LogP contribution in [0.4, 0.5) is 5.82 Å². The second kappa shape index (κ2) is 7.26. The van der Waals surface area contributed by atoms with Crippen molar-refractivity contribution in [2.75, 3.05) is 5.32 Å². The van der Waals surface area contributed by atoms with Gasteiger partial charge >= 0.3 is 0 Å². The van der Waals surface area contributed by atoms with E-state index in [2.05, 4.69) is 34.4 Å². The maximum absolute atomic E-state index is 13.2. The molecule has 1 amide bonds. The smallest absolute Gasteiger partial charge is 0.259 e. The van der Waals surface area contributed by atoms with E-state index in [0.717, 1.165) is 12.0 Å². The minimum Gasteiger partial charge on any atom is -0.335 e. The Labute approximate surface area is 162 Å². The second-order valence-electron chi connectivity index (χ2n) is 6.74. The number of pyridine rings is 1. The lowest BCUT2D eigenvalue weighted by molar-refractivity contribution is 0.102. The van der Waals surface area contributed by atoms with Crippen LogP contribution in [0.1, 0.15) is 42.4 Å². The Kier molecular flexibility index (Phi) is 4.65. The van der Waals surface area contributed by atoms with E-state index in [9.17, 15) is 4.79 Å². The average molecular weight is 375 g/mol. The predicted octanol–water partition coefficient (Wildman–Crippen LogP) is 4.62. The summed E-state index contributed by atoms with van der Waals surface area (Å²) < 4.78 is 7.17. The van der Waals surface area contributed by atoms with E-state index in [0.29, 0.717) is 33.9 Å². The molecule has 0 spiro atoms. The van der Waals surface area contributed by atoms with Gasteiger partial charge in [-0.1, -0.05) is 42.4 Å². The number of fused-ring (bicyclic) bond motifs is 1. The molecule has 7 heteroatoms. The quantitative estimate of drug-likeness (QED) is 0.550. The first-order chi connectivity index (χ1) is 13.6. The van der Waals surface area contributed by atoms with Crippen molar-refractivity contribution in [1.82, 2.24) is 19.9 Å². The summed E-state index contributed by atoms with van der Waals surface area (Å²) in [5.41, 5.74) is 3.00. The standard InChI is InChI=1S/C21H21N5O2/c1-4-13(2)26-18(10-11-22-26)24-20(27)16-12-17(15-8-6-5-7-9-15)23-21-19(16)14(3)25-28-21/h5-13H,4H2,1-3H3,(H,24,27). The molecule has 1 N–H and O–H groups in total. The van der Waals surface area contributed by atoms with Gasteiger partial charge in [0.1, 0.15) is 5.82 Å². The first-order valence-corrected chi connectivity index (χ1v) is 9.25. The number of anilines is 1. The monoisotopic (exact) mass is 375 g/mol. The SMILES string of the molecule is CCC(C)n1nccc1NC(=O)c1cc(-c2ccccc2)nc2onc(C)c12. The van der Waals surface area contributed by atoms with E-state index < -0.39 is 0 Å². The lowest BCUT2D eigenvalue weighted by Crippen LogP contribution is -2.18. The van der Waals surface area contributed by atoms with E-state index in [-0.39, 0.29) is 11.9 Å². The highest BCUT2D eigenvalue weighted by atomic mass is 16.5. The van der Waals surface area contributed by atoms with Crippen LogP contribution in [-0.2, 0) is 0 Å². The molecular weight excluding hydrogens is 354 g/mol. The summed E-state index contributed by atoms with van der Waals surface area (Å²) in [6, 6.07) is 13.4. The number of hydrogen-bond donors (Lipinski definition) is 1. The van der Waals surface area contributed by atoms with Gasteiger partial charge in [-0.25, -0.2) is 9.67 Å². The maximum Gasteiger partial charge on any atom is 0.259 e. The largest absolute Gasteiger partial charge is 0.335 e. The summed E-state index contributed by atoms with van der Waals surface area (Å²) in [6.07, 6.45) is 2.59. The molecule has 3 aromatic heterocycles. The number of aromatic nitrogens is 4. The van der Waals surface area contributed by atoms with Crippen molar-refractivity contribution in [2.24, 2.45) is 0 Å². The van der Waals surface area contributed by atoms with E-state index in [4.69, 9.17) is 4.52 Å². The van der Waals surface area contributed by atoms with Crippen LogP contribution in [0.3, 0.4) is 0 Å². The van der Waals surface area contributed by atoms with Crippen LogP contribution in [-0.4, -0.2) is 25.8 Å². The molecule has 28 heavy (non-hydrogen) atoms. The van der Waals surface area contributed by atoms with Gasteiger partial charge in [0, 0.05) is 11.6 Å². The van der Waals surface area contributed by atoms with Crippen LogP contribution in [0.15, 0.2) is 53.2 Å². The van der Waals surface area contributed by atoms with Crippen molar-refractivity contribution in [2.45, 2.75) is 33.2 Å². The number of amides is 1. The van der Waals surface area contributed by atoms with Gasteiger partial charge in [0.15, 0.2) is 0 Å². The molecule has 0 radical (unpaired) electrons. The Morgan fingerprint density at radius 2 is 2.04 bits per heavy atom. The zero-order chi connectivity index (χ0) is 19.7. The number of nitrogens with zero attached hydrogens (tertiary/aromatic N) is 4. The van der Waals surface area contributed by atoms with Gasteiger partial charge in [-0.3, -0.25) is 4.79 Å². The lowest BCUT2D eigenvalue weighted by atomic mass is 10.1. The first-order valence-electron chi connectivity index (χ1n) is 9.25. The summed E-state index contributed by atoms with van der Waals surface area (Å²) in [5.74, 6) is 0.403. The second-order valence-corrected chi connectivity index (χ2v) is 6.74. The third kappa shape index (κ3) is 3.15. The Bertz CT molecular complexity index is 1130. The molecule has 7 nitrogen and oxygen atoms in total. The molecule has 0 aliphatic rings. The molecule has 0 aliphatic carbocycles. The summed E-state index contributed by atoms with van der Waals surface area (Å²) in [5, 5.41) is 11.9. The van der Waals surface area contributed by atoms with Gasteiger partial charge in [-0.05, 0) is 26.3 Å². The Morgan fingerprint density at radius 3 is 2.79 bits per heavy atom. The number of benzene rings is 1. The highest BCUT2D eigenvalue weighted by Crippen LogP contribution is 2.28. The zero-order valence-electron chi connectivity index (χ0n) is 16.0. The first kappa shape index (κ1) is 17.9. The van der Waals surface area contributed by atoms with Gasteiger partial charge in [0.05, 0.1) is 34.6 Å². The van der Waals surface area contributed by atoms with E-state index in [1.807, 2.05) is 35.0 Å². The zero-order valence-corrected chi connectivity index (χ0v) is 16.0. The van der Waals surface area contributed by atoms with Gasteiger partial charge in [0.25, 0.3) is 11.6 Å².